The van der Waals surface area contributed by atoms with E-state index in [-0.39, 0.29) is 50.0 Å². The van der Waals surface area contributed by atoms with Crippen LogP contribution in [0.3, 0.4) is 0 Å². The molecule has 2 aromatic carbocycles. The third-order valence-corrected chi connectivity index (χ3v) is 13.8. The Balaban J connectivity index is 0.834. The lowest BCUT2D eigenvalue weighted by Gasteiger charge is -2.36. The Morgan fingerprint density at radius 1 is 0.946 bits per heavy atom. The van der Waals surface area contributed by atoms with E-state index in [1.807, 2.05) is 4.90 Å². The summed E-state index contributed by atoms with van der Waals surface area (Å²) in [5.74, 6) is -8.47. The van der Waals surface area contributed by atoms with Gasteiger partial charge in [-0.2, -0.15) is 0 Å². The summed E-state index contributed by atoms with van der Waals surface area (Å²) in [6.45, 7) is 2.03. The van der Waals surface area contributed by atoms with Crippen LogP contribution in [0.1, 0.15) is 72.7 Å². The molecule has 4 aliphatic heterocycles. The molecule has 1 saturated heterocycles. The van der Waals surface area contributed by atoms with E-state index in [0.29, 0.717) is 51.8 Å². The van der Waals surface area contributed by atoms with Gasteiger partial charge in [-0.1, -0.05) is 44.2 Å². The summed E-state index contributed by atoms with van der Waals surface area (Å²) in [6, 6.07) is 6.88. The van der Waals surface area contributed by atoms with Crippen molar-refractivity contribution in [3.05, 3.63) is 92.9 Å². The number of nitrogens with one attached hydrogen (secondary N) is 6. The van der Waals surface area contributed by atoms with Crippen LogP contribution >= 0.6 is 0 Å². The summed E-state index contributed by atoms with van der Waals surface area (Å²) in [7, 11) is 0. The molecule has 1 aliphatic carbocycles. The topological polar surface area (TPSA) is 327 Å². The number of benzene rings is 2. The monoisotopic (exact) mass is 1020 g/mol. The maximum atomic E-state index is 15.4. The molecule has 0 radical (unpaired) electrons. The van der Waals surface area contributed by atoms with E-state index in [4.69, 9.17) is 20.2 Å². The van der Waals surface area contributed by atoms with Crippen molar-refractivity contribution in [3.8, 4) is 0 Å². The third-order valence-electron chi connectivity index (χ3n) is 13.8. The van der Waals surface area contributed by atoms with Gasteiger partial charge >= 0.3 is 11.9 Å². The van der Waals surface area contributed by atoms with Gasteiger partial charge in [-0.3, -0.25) is 43.3 Å². The van der Waals surface area contributed by atoms with Crippen molar-refractivity contribution >= 4 is 75.8 Å². The normalized spacial score (nSPS) is 20.4. The van der Waals surface area contributed by atoms with Crippen molar-refractivity contribution in [2.24, 2.45) is 11.7 Å². The number of imide groups is 1. The predicted molar refractivity (Wildman–Crippen MR) is 256 cm³/mol. The molecule has 8 rings (SSSR count). The SMILES string of the molecule is CC[C@@]1(O)C(=O)OC(=O)C2=C1C=C1c3nc4cc(F)c(C)c5c4c(c3CN1C2)[C@@H](NC(=O)COCNC(=O)CNC(=O)[C@H](Cc1ccccc1)NC(=O)CNC(=O)CNC(=O)[C@@H](CN)N1C(=O)CC(C)C1=O)CC5. The number of rotatable bonds is 19. The van der Waals surface area contributed by atoms with Gasteiger partial charge in [-0.25, -0.2) is 19.0 Å². The summed E-state index contributed by atoms with van der Waals surface area (Å²) in [5, 5.41) is 27.1. The summed E-state index contributed by atoms with van der Waals surface area (Å²) in [5.41, 5.74) is 8.47. The predicted octanol–water partition coefficient (Wildman–Crippen LogP) is -1.63. The summed E-state index contributed by atoms with van der Waals surface area (Å²) >= 11 is 0. The molecule has 3 aromatic rings. The molecule has 8 amide bonds. The zero-order valence-corrected chi connectivity index (χ0v) is 40.7. The molecule has 23 nitrogen and oxygen atoms in total. The van der Waals surface area contributed by atoms with Crippen LogP contribution in [0.2, 0.25) is 0 Å². The lowest BCUT2D eigenvalue weighted by Crippen LogP contribution is -2.55. The van der Waals surface area contributed by atoms with Crippen molar-refractivity contribution in [1.29, 1.82) is 0 Å². The van der Waals surface area contributed by atoms with Crippen LogP contribution in [0.15, 0.2) is 53.6 Å². The number of ether oxygens (including phenoxy) is 2. The Morgan fingerprint density at radius 3 is 2.34 bits per heavy atom. The van der Waals surface area contributed by atoms with E-state index in [1.54, 1.807) is 57.2 Å². The molecule has 5 heterocycles. The number of carbonyl (C=O) groups excluding carboxylic acids is 10. The van der Waals surface area contributed by atoms with E-state index in [2.05, 4.69) is 31.9 Å². The van der Waals surface area contributed by atoms with Crippen LogP contribution < -0.4 is 37.6 Å². The highest BCUT2D eigenvalue weighted by Crippen LogP contribution is 2.48. The zero-order valence-electron chi connectivity index (χ0n) is 40.7. The first-order valence-corrected chi connectivity index (χ1v) is 24.0. The minimum atomic E-state index is -2.06. The quantitative estimate of drug-likeness (QED) is 0.0220. The lowest BCUT2D eigenvalue weighted by molar-refractivity contribution is -0.172. The number of aliphatic hydroxyl groups is 1. The molecule has 1 unspecified atom stereocenters. The Bertz CT molecular complexity index is 2960. The van der Waals surface area contributed by atoms with Crippen LogP contribution in [0.4, 0.5) is 4.39 Å². The minimum Gasteiger partial charge on any atom is -0.387 e. The van der Waals surface area contributed by atoms with Gasteiger partial charge in [0.15, 0.2) is 5.60 Å². The number of halogens is 1. The standard InChI is InChI=1S/C50H55FN10O13/c1-4-50(72)30-14-35-44-29(21-60(35)20-28(30)48(70)74-49(50)71)43-32(11-10-27-25(3)31(51)15-33(59-44)42(27)43)57-40(65)22-73-23-56-38(63)18-54-45(67)34(13-26-8-6-5-7-9-26)58-39(64)19-53-37(62)17-55-46(68)36(16-52)61-41(66)12-24(2)47(61)69/h5-9,14-15,24,32,34,36,72H,4,10-13,16-23,52H2,1-3H3,(H,53,62)(H,54,67)(H,55,68)(H,56,63)(H,57,65)(H,58,64)/t24?,32-,34-,36+,50-/m0/s1. The Morgan fingerprint density at radius 2 is 1.65 bits per heavy atom. The van der Waals surface area contributed by atoms with Crippen LogP contribution in [-0.2, 0) is 76.8 Å². The van der Waals surface area contributed by atoms with Gasteiger partial charge in [-0.15, -0.1) is 0 Å². The van der Waals surface area contributed by atoms with Gasteiger partial charge < -0.3 is 57.1 Å². The van der Waals surface area contributed by atoms with E-state index < -0.39 is 128 Å². The van der Waals surface area contributed by atoms with Crippen LogP contribution in [-0.4, -0.2) is 143 Å². The average Bonchev–Trinajstić information content (AvgIpc) is 3.86. The van der Waals surface area contributed by atoms with Crippen molar-refractivity contribution in [2.45, 2.75) is 83.1 Å². The number of fused-ring (bicyclic) bond motifs is 4. The number of aromatic nitrogens is 1. The number of esters is 2. The van der Waals surface area contributed by atoms with Gasteiger partial charge in [0.2, 0.25) is 47.3 Å². The smallest absolute Gasteiger partial charge is 0.350 e. The molecule has 0 bridgehead atoms. The Hall–Kier alpha value is -7.96. The average molecular weight is 1020 g/mol. The second kappa shape index (κ2) is 21.6. The molecule has 24 heteroatoms. The summed E-state index contributed by atoms with van der Waals surface area (Å²) < 4.78 is 25.8. The molecule has 9 N–H and O–H groups in total. The van der Waals surface area contributed by atoms with Gasteiger partial charge in [0.05, 0.1) is 54.7 Å². The number of aryl methyl sites for hydroxylation is 1. The number of nitrogens with two attached hydrogens (primary N) is 1. The van der Waals surface area contributed by atoms with Crippen LogP contribution in [0, 0.1) is 18.7 Å². The minimum absolute atomic E-state index is 0.00325. The fourth-order valence-electron chi connectivity index (χ4n) is 9.89. The van der Waals surface area contributed by atoms with Crippen molar-refractivity contribution < 1.29 is 66.9 Å². The molecular formula is C50H55FN10O13. The van der Waals surface area contributed by atoms with E-state index in [0.717, 1.165) is 16.0 Å². The molecule has 1 fully saturated rings. The first-order valence-electron chi connectivity index (χ1n) is 24.0. The van der Waals surface area contributed by atoms with E-state index in [9.17, 15) is 53.1 Å². The lowest BCUT2D eigenvalue weighted by atomic mass is 9.81. The first kappa shape index (κ1) is 52.4. The van der Waals surface area contributed by atoms with Crippen molar-refractivity contribution in [1.82, 2.24) is 46.7 Å². The number of nitrogens with zero attached hydrogens (tertiary/aromatic N) is 3. The van der Waals surface area contributed by atoms with Crippen molar-refractivity contribution in [2.75, 3.05) is 46.1 Å². The molecule has 0 spiro atoms. The second-order valence-electron chi connectivity index (χ2n) is 18.6. The number of hydrogen-bond donors (Lipinski definition) is 8. The van der Waals surface area contributed by atoms with Gasteiger partial charge in [0.1, 0.15) is 31.2 Å². The fraction of sp³-hybridized carbons (Fsp3) is 0.420. The highest BCUT2D eigenvalue weighted by molar-refractivity contribution is 6.08. The fourth-order valence-corrected chi connectivity index (χ4v) is 9.89. The maximum Gasteiger partial charge on any atom is 0.350 e. The van der Waals surface area contributed by atoms with Gasteiger partial charge in [0.25, 0.3) is 0 Å². The highest BCUT2D eigenvalue weighted by atomic mass is 19.1. The molecule has 0 saturated carbocycles. The molecule has 74 heavy (non-hydrogen) atoms. The molecule has 1 aromatic heterocycles. The van der Waals surface area contributed by atoms with Crippen LogP contribution in [0.5, 0.6) is 0 Å². The number of cyclic esters (lactones) is 2. The largest absolute Gasteiger partial charge is 0.387 e. The second-order valence-corrected chi connectivity index (χ2v) is 18.6. The summed E-state index contributed by atoms with van der Waals surface area (Å²) in [6.07, 6.45) is 2.24. The third kappa shape index (κ3) is 10.5. The zero-order chi connectivity index (χ0) is 53.2. The molecule has 5 aliphatic rings. The van der Waals surface area contributed by atoms with Crippen molar-refractivity contribution in [3.63, 3.8) is 0 Å². The number of hydrogen-bond acceptors (Lipinski definition) is 16. The Labute approximate surface area is 422 Å². The number of pyridine rings is 1. The van der Waals surface area contributed by atoms with Gasteiger partial charge in [0, 0.05) is 54.4 Å². The first-order chi connectivity index (χ1) is 35.3. The highest BCUT2D eigenvalue weighted by Gasteiger charge is 2.51. The Kier molecular flexibility index (Phi) is 15.3. The maximum absolute atomic E-state index is 15.4. The molecule has 390 valence electrons. The summed E-state index contributed by atoms with van der Waals surface area (Å²) in [4.78, 5) is 136. The van der Waals surface area contributed by atoms with E-state index >= 15 is 4.39 Å². The molecule has 5 atom stereocenters. The number of amides is 8. The van der Waals surface area contributed by atoms with E-state index in [1.165, 1.54) is 6.07 Å². The van der Waals surface area contributed by atoms with Gasteiger partial charge in [-0.05, 0) is 54.5 Å². The molecular weight excluding hydrogens is 968 g/mol. The number of likely N-dealkylation sites (tertiary alicyclic amines) is 1. The van der Waals surface area contributed by atoms with Crippen LogP contribution in [0.25, 0.3) is 16.6 Å². The number of carbonyl (C=O) groups is 10.